The monoisotopic (exact) mass is 331 g/mol. The van der Waals surface area contributed by atoms with Gasteiger partial charge in [0.2, 0.25) is 0 Å². The minimum absolute atomic E-state index is 0.266. The van der Waals surface area contributed by atoms with Crippen LogP contribution in [0, 0.1) is 6.57 Å². The van der Waals surface area contributed by atoms with E-state index in [2.05, 4.69) is 9.84 Å². The lowest BCUT2D eigenvalue weighted by atomic mass is 10.0. The highest BCUT2D eigenvalue weighted by Gasteiger charge is 2.17. The molecule has 1 heterocycles. The summed E-state index contributed by atoms with van der Waals surface area (Å²) in [5, 5.41) is 0. The molecular formula is C20H17N3O2. The fraction of sp³-hybridized carbons (Fsp3) is 0.150. The van der Waals surface area contributed by atoms with E-state index < -0.39 is 0 Å². The number of amidine groups is 1. The summed E-state index contributed by atoms with van der Waals surface area (Å²) in [4.78, 5) is 19.9. The van der Waals surface area contributed by atoms with Crippen LogP contribution in [0.1, 0.15) is 18.9 Å². The molecule has 0 unspecified atom stereocenters. The fourth-order valence-electron chi connectivity index (χ4n) is 2.65. The van der Waals surface area contributed by atoms with Crippen molar-refractivity contribution in [3.05, 3.63) is 65.0 Å². The van der Waals surface area contributed by atoms with Crippen LogP contribution >= 0.6 is 0 Å². The molecule has 3 rings (SSSR count). The van der Waals surface area contributed by atoms with E-state index in [0.29, 0.717) is 29.4 Å². The van der Waals surface area contributed by atoms with Gasteiger partial charge in [-0.3, -0.25) is 0 Å². The zero-order chi connectivity index (χ0) is 17.8. The van der Waals surface area contributed by atoms with Crippen LogP contribution in [-0.4, -0.2) is 18.4 Å². The van der Waals surface area contributed by atoms with Gasteiger partial charge in [0.05, 0.1) is 18.9 Å². The summed E-state index contributed by atoms with van der Waals surface area (Å²) in [5.74, 6) is 0.00543. The lowest BCUT2D eigenvalue weighted by Gasteiger charge is -2.06. The van der Waals surface area contributed by atoms with Gasteiger partial charge in [-0.05, 0) is 30.2 Å². The molecule has 25 heavy (non-hydrogen) atoms. The van der Waals surface area contributed by atoms with E-state index >= 15 is 0 Å². The molecule has 0 saturated carbocycles. The molecule has 0 atom stereocenters. The van der Waals surface area contributed by atoms with Gasteiger partial charge in [0.25, 0.3) is 0 Å². The van der Waals surface area contributed by atoms with Crippen molar-refractivity contribution in [3.63, 3.8) is 0 Å². The number of hydrogen-bond acceptors (Lipinski definition) is 4. The van der Waals surface area contributed by atoms with Crippen LogP contribution in [0.4, 0.5) is 11.4 Å². The van der Waals surface area contributed by atoms with Gasteiger partial charge in [0.1, 0.15) is 5.84 Å². The van der Waals surface area contributed by atoms with Crippen LogP contribution in [0.3, 0.4) is 0 Å². The molecule has 5 heteroatoms. The minimum atomic E-state index is -0.368. The summed E-state index contributed by atoms with van der Waals surface area (Å²) < 4.78 is 5.07. The normalized spacial score (nSPS) is 13.0. The molecule has 0 saturated heterocycles. The molecule has 5 nitrogen and oxygen atoms in total. The Labute approximate surface area is 146 Å². The summed E-state index contributed by atoms with van der Waals surface area (Å²) in [6.45, 7) is 9.11. The Morgan fingerprint density at radius 3 is 2.64 bits per heavy atom. The number of carbonyl (C=O) groups is 1. The first-order chi connectivity index (χ1) is 12.1. The molecule has 0 aliphatic carbocycles. The van der Waals surface area contributed by atoms with Crippen LogP contribution in [0.25, 0.3) is 22.0 Å². The smallest absolute Gasteiger partial charge is 0.334 e. The van der Waals surface area contributed by atoms with Crippen molar-refractivity contribution in [3.8, 4) is 11.1 Å². The maximum atomic E-state index is 12.0. The number of aliphatic imine (C=N–C) groups is 1. The molecule has 0 amide bonds. The van der Waals surface area contributed by atoms with E-state index in [9.17, 15) is 4.79 Å². The van der Waals surface area contributed by atoms with Gasteiger partial charge in [-0.1, -0.05) is 36.4 Å². The predicted molar refractivity (Wildman–Crippen MR) is 98.6 cm³/mol. The van der Waals surface area contributed by atoms with Crippen molar-refractivity contribution in [2.75, 3.05) is 6.61 Å². The highest BCUT2D eigenvalue weighted by molar-refractivity contribution is 6.03. The Kier molecular flexibility index (Phi) is 4.62. The third-order valence-corrected chi connectivity index (χ3v) is 3.86. The molecule has 0 aromatic heterocycles. The van der Waals surface area contributed by atoms with Crippen LogP contribution in [0.15, 0.2) is 53.0 Å². The van der Waals surface area contributed by atoms with Crippen molar-refractivity contribution in [1.29, 1.82) is 0 Å². The fourth-order valence-corrected chi connectivity index (χ4v) is 2.65. The van der Waals surface area contributed by atoms with E-state index in [0.717, 1.165) is 16.7 Å². The number of benzene rings is 2. The first-order valence-corrected chi connectivity index (χ1v) is 7.93. The molecule has 2 aromatic carbocycles. The largest absolute Gasteiger partial charge is 0.463 e. The second-order valence-corrected chi connectivity index (χ2v) is 5.60. The van der Waals surface area contributed by atoms with E-state index in [1.54, 1.807) is 25.1 Å². The van der Waals surface area contributed by atoms with E-state index in [1.807, 2.05) is 30.3 Å². The molecule has 0 fully saturated rings. The molecule has 1 aliphatic heterocycles. The van der Waals surface area contributed by atoms with Crippen molar-refractivity contribution in [2.24, 2.45) is 10.7 Å². The number of fused-ring (bicyclic) bond motifs is 1. The van der Waals surface area contributed by atoms with Gasteiger partial charge < -0.3 is 10.5 Å². The first-order valence-electron chi connectivity index (χ1n) is 7.93. The van der Waals surface area contributed by atoms with E-state index in [1.165, 1.54) is 0 Å². The van der Waals surface area contributed by atoms with Gasteiger partial charge >= 0.3 is 5.97 Å². The average molecular weight is 331 g/mol. The second kappa shape index (κ2) is 7.02. The molecule has 2 aromatic rings. The first kappa shape index (κ1) is 16.5. The van der Waals surface area contributed by atoms with Gasteiger partial charge in [-0.15, -0.1) is 0 Å². The standard InChI is InChI=1S/C20H17N3O2/c1-3-25-20(24)16-10-15-5-4-14(11-18(15)23-19(21)12-16)13-6-8-17(22-2)9-7-13/h4-11H,3,12H2,1H3,(H2,21,23). The van der Waals surface area contributed by atoms with Crippen molar-refractivity contribution in [2.45, 2.75) is 13.3 Å². The number of carbonyl (C=O) groups excluding carboxylic acids is 1. The van der Waals surface area contributed by atoms with Crippen LogP contribution < -0.4 is 5.73 Å². The van der Waals surface area contributed by atoms with Crippen molar-refractivity contribution in [1.82, 2.24) is 0 Å². The van der Waals surface area contributed by atoms with E-state index in [-0.39, 0.29) is 12.4 Å². The van der Waals surface area contributed by atoms with Gasteiger partial charge in [-0.2, -0.15) is 0 Å². The van der Waals surface area contributed by atoms with Crippen LogP contribution in [0.5, 0.6) is 0 Å². The second-order valence-electron chi connectivity index (χ2n) is 5.60. The highest BCUT2D eigenvalue weighted by Crippen LogP contribution is 2.32. The van der Waals surface area contributed by atoms with E-state index in [4.69, 9.17) is 17.0 Å². The summed E-state index contributed by atoms with van der Waals surface area (Å²) >= 11 is 0. The zero-order valence-electron chi connectivity index (χ0n) is 13.8. The molecule has 0 bridgehead atoms. The highest BCUT2D eigenvalue weighted by atomic mass is 16.5. The maximum Gasteiger partial charge on any atom is 0.334 e. The van der Waals surface area contributed by atoms with Crippen LogP contribution in [0.2, 0.25) is 0 Å². The molecular weight excluding hydrogens is 314 g/mol. The number of ether oxygens (including phenoxy) is 1. The average Bonchev–Trinajstić information content (AvgIpc) is 2.79. The van der Waals surface area contributed by atoms with Gasteiger partial charge in [0, 0.05) is 17.6 Å². The number of hydrogen-bond donors (Lipinski definition) is 1. The Morgan fingerprint density at radius 2 is 1.96 bits per heavy atom. The SMILES string of the molecule is [C-]#[N+]c1ccc(-c2ccc3c(c2)N=C(N)CC(C(=O)OCC)=C3)cc1. The number of rotatable bonds is 3. The minimum Gasteiger partial charge on any atom is -0.463 e. The van der Waals surface area contributed by atoms with Crippen molar-refractivity contribution < 1.29 is 9.53 Å². The third-order valence-electron chi connectivity index (χ3n) is 3.86. The number of nitrogens with two attached hydrogens (primary N) is 1. The third kappa shape index (κ3) is 3.59. The lowest BCUT2D eigenvalue weighted by Crippen LogP contribution is -2.16. The lowest BCUT2D eigenvalue weighted by molar-refractivity contribution is -0.138. The topological polar surface area (TPSA) is 69.0 Å². The Bertz CT molecular complexity index is 919. The molecule has 1 aliphatic rings. The predicted octanol–water partition coefficient (Wildman–Crippen LogP) is 4.24. The Hall–Kier alpha value is -3.39. The summed E-state index contributed by atoms with van der Waals surface area (Å²) in [7, 11) is 0. The van der Waals surface area contributed by atoms with Gasteiger partial charge in [0.15, 0.2) is 5.69 Å². The molecule has 124 valence electrons. The summed E-state index contributed by atoms with van der Waals surface area (Å²) in [6.07, 6.45) is 2.05. The summed E-state index contributed by atoms with van der Waals surface area (Å²) in [6, 6.07) is 13.2. The summed E-state index contributed by atoms with van der Waals surface area (Å²) in [5.41, 5.74) is 10.6. The zero-order valence-corrected chi connectivity index (χ0v) is 13.8. The maximum absolute atomic E-state index is 12.0. The Balaban J connectivity index is 2.01. The number of esters is 1. The molecule has 2 N–H and O–H groups in total. The quantitative estimate of drug-likeness (QED) is 0.675. The van der Waals surface area contributed by atoms with Crippen LogP contribution in [-0.2, 0) is 9.53 Å². The van der Waals surface area contributed by atoms with Crippen molar-refractivity contribution >= 4 is 29.3 Å². The molecule has 0 spiro atoms. The number of nitrogens with zero attached hydrogens (tertiary/aromatic N) is 2. The Morgan fingerprint density at radius 1 is 1.24 bits per heavy atom. The van der Waals surface area contributed by atoms with Gasteiger partial charge in [-0.25, -0.2) is 14.6 Å². The molecule has 0 radical (unpaired) electrons.